The highest BCUT2D eigenvalue weighted by Crippen LogP contribution is 2.33. The van der Waals surface area contributed by atoms with Crippen LogP contribution in [0.15, 0.2) is 18.2 Å². The predicted molar refractivity (Wildman–Crippen MR) is 70.0 cm³/mol. The largest absolute Gasteiger partial charge is 0.494 e. The number of carboxylic acids is 1. The minimum atomic E-state index is -0.955. The zero-order chi connectivity index (χ0) is 14.7. The van der Waals surface area contributed by atoms with Gasteiger partial charge in [-0.3, -0.25) is 9.59 Å². The summed E-state index contributed by atoms with van der Waals surface area (Å²) in [6.07, 6.45) is 1.76. The van der Waals surface area contributed by atoms with Crippen LogP contribution in [0.3, 0.4) is 0 Å². The number of aliphatic carboxylic acids is 1. The summed E-state index contributed by atoms with van der Waals surface area (Å²) in [6, 6.07) is 4.08. The molecule has 108 valence electrons. The number of ether oxygens (including phenoxy) is 1. The Labute approximate surface area is 115 Å². The lowest BCUT2D eigenvalue weighted by atomic mass is 9.95. The lowest BCUT2D eigenvalue weighted by Crippen LogP contribution is -2.30. The van der Waals surface area contributed by atoms with Crippen molar-refractivity contribution in [2.24, 2.45) is 11.8 Å². The van der Waals surface area contributed by atoms with E-state index in [1.54, 1.807) is 0 Å². The number of carbonyl (C=O) groups excluding carboxylic acids is 1. The number of benzene rings is 1. The predicted octanol–water partition coefficient (Wildman–Crippen LogP) is 2.27. The highest BCUT2D eigenvalue weighted by atomic mass is 19.1. The van der Waals surface area contributed by atoms with Gasteiger partial charge in [-0.15, -0.1) is 0 Å². The monoisotopic (exact) mass is 281 g/mol. The topological polar surface area (TPSA) is 75.6 Å². The van der Waals surface area contributed by atoms with Gasteiger partial charge in [-0.05, 0) is 25.0 Å². The quantitative estimate of drug-likeness (QED) is 0.887. The van der Waals surface area contributed by atoms with E-state index in [0.717, 1.165) is 6.07 Å². The molecule has 1 fully saturated rings. The van der Waals surface area contributed by atoms with Gasteiger partial charge in [-0.1, -0.05) is 6.42 Å². The number of carbonyl (C=O) groups is 2. The van der Waals surface area contributed by atoms with Crippen LogP contribution in [0.4, 0.5) is 10.1 Å². The minimum Gasteiger partial charge on any atom is -0.494 e. The van der Waals surface area contributed by atoms with Gasteiger partial charge in [0.05, 0.1) is 18.9 Å². The Kier molecular flexibility index (Phi) is 4.22. The fourth-order valence-electron chi connectivity index (χ4n) is 2.55. The van der Waals surface area contributed by atoms with Crippen LogP contribution in [-0.4, -0.2) is 24.1 Å². The summed E-state index contributed by atoms with van der Waals surface area (Å²) in [7, 11) is 1.35. The van der Waals surface area contributed by atoms with Gasteiger partial charge in [0, 0.05) is 11.8 Å². The summed E-state index contributed by atoms with van der Waals surface area (Å²) in [5, 5.41) is 11.6. The van der Waals surface area contributed by atoms with Crippen molar-refractivity contribution in [3.05, 3.63) is 24.0 Å². The van der Waals surface area contributed by atoms with E-state index in [1.165, 1.54) is 19.2 Å². The van der Waals surface area contributed by atoms with E-state index in [2.05, 4.69) is 5.32 Å². The molecule has 1 aliphatic rings. The molecule has 0 spiro atoms. The Morgan fingerprint density at radius 3 is 2.65 bits per heavy atom. The molecule has 1 aromatic carbocycles. The molecule has 0 aromatic heterocycles. The lowest BCUT2D eigenvalue weighted by molar-refractivity contribution is -0.145. The van der Waals surface area contributed by atoms with Crippen molar-refractivity contribution in [1.82, 2.24) is 0 Å². The minimum absolute atomic E-state index is 0.0901. The van der Waals surface area contributed by atoms with Gasteiger partial charge in [-0.2, -0.15) is 0 Å². The maximum atomic E-state index is 13.5. The molecule has 2 unspecified atom stereocenters. The average Bonchev–Trinajstić information content (AvgIpc) is 2.88. The lowest BCUT2D eigenvalue weighted by Gasteiger charge is -2.15. The number of methoxy groups -OCH3 is 1. The molecular weight excluding hydrogens is 265 g/mol. The van der Waals surface area contributed by atoms with E-state index in [9.17, 15) is 14.0 Å². The molecule has 1 amide bonds. The van der Waals surface area contributed by atoms with E-state index >= 15 is 0 Å². The summed E-state index contributed by atoms with van der Waals surface area (Å²) in [6.45, 7) is 0. The first-order valence-electron chi connectivity index (χ1n) is 6.40. The highest BCUT2D eigenvalue weighted by Gasteiger charge is 2.37. The first kappa shape index (κ1) is 14.3. The second-order valence-corrected chi connectivity index (χ2v) is 4.82. The van der Waals surface area contributed by atoms with Crippen LogP contribution in [-0.2, 0) is 9.59 Å². The number of hydrogen-bond donors (Lipinski definition) is 2. The summed E-state index contributed by atoms with van der Waals surface area (Å²) in [5.74, 6) is -3.03. The molecule has 2 atom stereocenters. The fourth-order valence-corrected chi connectivity index (χ4v) is 2.55. The number of rotatable bonds is 4. The average molecular weight is 281 g/mol. The van der Waals surface area contributed by atoms with Crippen molar-refractivity contribution < 1.29 is 23.8 Å². The number of hydrogen-bond acceptors (Lipinski definition) is 3. The van der Waals surface area contributed by atoms with Crippen molar-refractivity contribution in [2.45, 2.75) is 19.3 Å². The van der Waals surface area contributed by atoms with E-state index < -0.39 is 23.6 Å². The molecule has 2 N–H and O–H groups in total. The van der Waals surface area contributed by atoms with Crippen LogP contribution in [0.5, 0.6) is 5.75 Å². The van der Waals surface area contributed by atoms with E-state index in [-0.39, 0.29) is 11.7 Å². The van der Waals surface area contributed by atoms with Gasteiger partial charge in [0.25, 0.3) is 0 Å². The fraction of sp³-hybridized carbons (Fsp3) is 0.429. The number of anilines is 1. The van der Waals surface area contributed by atoms with E-state index in [1.807, 2.05) is 0 Å². The summed E-state index contributed by atoms with van der Waals surface area (Å²) in [4.78, 5) is 23.1. The van der Waals surface area contributed by atoms with Crippen molar-refractivity contribution in [3.8, 4) is 5.75 Å². The van der Waals surface area contributed by atoms with Crippen molar-refractivity contribution in [1.29, 1.82) is 0 Å². The van der Waals surface area contributed by atoms with Gasteiger partial charge in [-0.25, -0.2) is 4.39 Å². The molecule has 1 saturated carbocycles. The molecule has 5 nitrogen and oxygen atoms in total. The molecule has 1 aliphatic carbocycles. The molecule has 2 rings (SSSR count). The van der Waals surface area contributed by atoms with Crippen LogP contribution in [0, 0.1) is 17.7 Å². The Hall–Kier alpha value is -2.11. The number of carboxylic acid groups (broad SMARTS) is 1. The Morgan fingerprint density at radius 2 is 2.05 bits per heavy atom. The van der Waals surface area contributed by atoms with E-state index in [0.29, 0.717) is 24.9 Å². The first-order valence-corrected chi connectivity index (χ1v) is 6.40. The highest BCUT2D eigenvalue weighted by molar-refractivity contribution is 5.95. The number of amides is 1. The Bertz CT molecular complexity index is 532. The summed E-state index contributed by atoms with van der Waals surface area (Å²) in [5.41, 5.74) is 0.296. The summed E-state index contributed by atoms with van der Waals surface area (Å²) >= 11 is 0. The molecule has 20 heavy (non-hydrogen) atoms. The second-order valence-electron chi connectivity index (χ2n) is 4.82. The molecule has 0 aliphatic heterocycles. The van der Waals surface area contributed by atoms with Gasteiger partial charge >= 0.3 is 5.97 Å². The molecule has 1 aromatic rings. The third kappa shape index (κ3) is 2.89. The normalized spacial score (nSPS) is 21.5. The van der Waals surface area contributed by atoms with Crippen molar-refractivity contribution in [3.63, 3.8) is 0 Å². The zero-order valence-corrected chi connectivity index (χ0v) is 11.1. The van der Waals surface area contributed by atoms with Crippen LogP contribution >= 0.6 is 0 Å². The molecule has 0 bridgehead atoms. The zero-order valence-electron chi connectivity index (χ0n) is 11.1. The van der Waals surface area contributed by atoms with Gasteiger partial charge in [0.1, 0.15) is 0 Å². The van der Waals surface area contributed by atoms with Crippen LogP contribution in [0.2, 0.25) is 0 Å². The molecular formula is C14H16FNO4. The van der Waals surface area contributed by atoms with Crippen LogP contribution in [0.1, 0.15) is 19.3 Å². The van der Waals surface area contributed by atoms with Gasteiger partial charge in [0.2, 0.25) is 5.91 Å². The maximum Gasteiger partial charge on any atom is 0.307 e. The smallest absolute Gasteiger partial charge is 0.307 e. The summed E-state index contributed by atoms with van der Waals surface area (Å²) < 4.78 is 18.3. The molecule has 0 heterocycles. The Balaban J connectivity index is 2.08. The SMILES string of the molecule is COc1ccc(NC(=O)C2CCCC2C(=O)O)cc1F. The number of nitrogens with one attached hydrogen (secondary N) is 1. The standard InChI is InChI=1S/C14H16FNO4/c1-20-12-6-5-8(7-11(12)15)16-13(17)9-3-2-4-10(9)14(18)19/h5-7,9-10H,2-4H2,1H3,(H,16,17)(H,18,19). The molecule has 6 heteroatoms. The van der Waals surface area contributed by atoms with Crippen molar-refractivity contribution in [2.75, 3.05) is 12.4 Å². The second kappa shape index (κ2) is 5.90. The maximum absolute atomic E-state index is 13.5. The third-order valence-corrected chi connectivity index (χ3v) is 3.59. The van der Waals surface area contributed by atoms with Gasteiger partial charge in [0.15, 0.2) is 11.6 Å². The third-order valence-electron chi connectivity index (χ3n) is 3.59. The van der Waals surface area contributed by atoms with Crippen LogP contribution in [0.25, 0.3) is 0 Å². The molecule has 0 radical (unpaired) electrons. The Morgan fingerprint density at radius 1 is 1.35 bits per heavy atom. The first-order chi connectivity index (χ1) is 9.52. The molecule has 0 saturated heterocycles. The van der Waals surface area contributed by atoms with Crippen molar-refractivity contribution >= 4 is 17.6 Å². The van der Waals surface area contributed by atoms with Gasteiger partial charge < -0.3 is 15.2 Å². The number of halogens is 1. The van der Waals surface area contributed by atoms with Crippen LogP contribution < -0.4 is 10.1 Å². The van der Waals surface area contributed by atoms with E-state index in [4.69, 9.17) is 9.84 Å².